The van der Waals surface area contributed by atoms with Crippen molar-refractivity contribution in [1.29, 1.82) is 0 Å². The first-order chi connectivity index (χ1) is 8.01. The van der Waals surface area contributed by atoms with Crippen molar-refractivity contribution in [1.82, 2.24) is 14.7 Å². The maximum Gasteiger partial charge on any atom is 0.0651 e. The van der Waals surface area contributed by atoms with Crippen molar-refractivity contribution in [2.24, 2.45) is 12.8 Å². The SMILES string of the molecule is CCN(CC)C(C)(CC)C(N)c1ccnn1C. The fourth-order valence-corrected chi connectivity index (χ4v) is 2.59. The molecule has 2 atom stereocenters. The number of hydrogen-bond donors (Lipinski definition) is 1. The molecule has 0 saturated carbocycles. The minimum absolute atomic E-state index is 0.0140. The lowest BCUT2D eigenvalue weighted by Gasteiger charge is -2.44. The minimum atomic E-state index is -0.0166. The van der Waals surface area contributed by atoms with Gasteiger partial charge >= 0.3 is 0 Å². The summed E-state index contributed by atoms with van der Waals surface area (Å²) >= 11 is 0. The Labute approximate surface area is 105 Å². The van der Waals surface area contributed by atoms with Crippen LogP contribution in [0, 0.1) is 0 Å². The van der Waals surface area contributed by atoms with Gasteiger partial charge in [-0.1, -0.05) is 20.8 Å². The molecular formula is C13H26N4. The summed E-state index contributed by atoms with van der Waals surface area (Å²) in [7, 11) is 1.95. The molecule has 2 unspecified atom stereocenters. The lowest BCUT2D eigenvalue weighted by molar-refractivity contribution is 0.0817. The molecular weight excluding hydrogens is 212 g/mol. The largest absolute Gasteiger partial charge is 0.321 e. The lowest BCUT2D eigenvalue weighted by atomic mass is 9.85. The van der Waals surface area contributed by atoms with E-state index in [9.17, 15) is 0 Å². The van der Waals surface area contributed by atoms with Crippen molar-refractivity contribution in [2.45, 2.75) is 45.7 Å². The van der Waals surface area contributed by atoms with Gasteiger partial charge in [-0.15, -0.1) is 0 Å². The number of hydrogen-bond acceptors (Lipinski definition) is 3. The average Bonchev–Trinajstić information content (AvgIpc) is 2.75. The van der Waals surface area contributed by atoms with Gasteiger partial charge in [-0.3, -0.25) is 9.58 Å². The number of nitrogens with zero attached hydrogens (tertiary/aromatic N) is 3. The molecule has 4 heteroatoms. The minimum Gasteiger partial charge on any atom is -0.321 e. The Balaban J connectivity index is 3.04. The predicted octanol–water partition coefficient (Wildman–Crippen LogP) is 1.93. The van der Waals surface area contributed by atoms with Crippen LogP contribution in [0.25, 0.3) is 0 Å². The zero-order valence-electron chi connectivity index (χ0n) is 11.8. The number of aryl methyl sites for hydroxylation is 1. The molecule has 1 rings (SSSR count). The van der Waals surface area contributed by atoms with Crippen LogP contribution in [0.4, 0.5) is 0 Å². The van der Waals surface area contributed by atoms with Crippen LogP contribution in [0.3, 0.4) is 0 Å². The highest BCUT2D eigenvalue weighted by molar-refractivity contribution is 5.13. The van der Waals surface area contributed by atoms with E-state index in [0.717, 1.165) is 25.2 Å². The molecule has 1 aromatic heterocycles. The number of likely N-dealkylation sites (N-methyl/N-ethyl adjacent to an activating group) is 1. The highest BCUT2D eigenvalue weighted by Gasteiger charge is 2.36. The van der Waals surface area contributed by atoms with Gasteiger partial charge in [0.2, 0.25) is 0 Å². The van der Waals surface area contributed by atoms with E-state index in [2.05, 4.69) is 37.7 Å². The van der Waals surface area contributed by atoms with E-state index in [0.29, 0.717) is 0 Å². The Bertz CT molecular complexity index is 343. The Hall–Kier alpha value is -0.870. The van der Waals surface area contributed by atoms with Gasteiger partial charge in [-0.05, 0) is 32.5 Å². The highest BCUT2D eigenvalue weighted by atomic mass is 15.3. The predicted molar refractivity (Wildman–Crippen MR) is 71.8 cm³/mol. The van der Waals surface area contributed by atoms with Crippen LogP contribution in [0.1, 0.15) is 45.9 Å². The second-order valence-corrected chi connectivity index (χ2v) is 4.74. The summed E-state index contributed by atoms with van der Waals surface area (Å²) in [6.45, 7) is 10.9. The van der Waals surface area contributed by atoms with E-state index < -0.39 is 0 Å². The van der Waals surface area contributed by atoms with Crippen LogP contribution in [0.15, 0.2) is 12.3 Å². The quantitative estimate of drug-likeness (QED) is 0.824. The summed E-state index contributed by atoms with van der Waals surface area (Å²) < 4.78 is 1.88. The summed E-state index contributed by atoms with van der Waals surface area (Å²) in [4.78, 5) is 2.44. The summed E-state index contributed by atoms with van der Waals surface area (Å²) in [6.07, 6.45) is 2.84. The van der Waals surface area contributed by atoms with Crippen molar-refractivity contribution >= 4 is 0 Å². The van der Waals surface area contributed by atoms with E-state index >= 15 is 0 Å². The average molecular weight is 238 g/mol. The van der Waals surface area contributed by atoms with Crippen molar-refractivity contribution in [3.8, 4) is 0 Å². The molecule has 0 saturated heterocycles. The molecule has 98 valence electrons. The molecule has 2 N–H and O–H groups in total. The Morgan fingerprint density at radius 2 is 2.00 bits per heavy atom. The molecule has 0 aliphatic carbocycles. The van der Waals surface area contributed by atoms with E-state index in [4.69, 9.17) is 5.73 Å². The highest BCUT2D eigenvalue weighted by Crippen LogP contribution is 2.31. The summed E-state index contributed by atoms with van der Waals surface area (Å²) in [6, 6.07) is 2.00. The van der Waals surface area contributed by atoms with Crippen LogP contribution in [-0.4, -0.2) is 33.3 Å². The number of aromatic nitrogens is 2. The molecule has 0 bridgehead atoms. The van der Waals surface area contributed by atoms with Crippen LogP contribution in [0.5, 0.6) is 0 Å². The van der Waals surface area contributed by atoms with Crippen molar-refractivity contribution in [3.05, 3.63) is 18.0 Å². The summed E-state index contributed by atoms with van der Waals surface area (Å²) in [5, 5.41) is 4.21. The van der Waals surface area contributed by atoms with Gasteiger partial charge < -0.3 is 5.73 Å². The van der Waals surface area contributed by atoms with Crippen LogP contribution in [0.2, 0.25) is 0 Å². The zero-order chi connectivity index (χ0) is 13.1. The van der Waals surface area contributed by atoms with E-state index in [1.807, 2.05) is 24.0 Å². The maximum absolute atomic E-state index is 6.48. The normalized spacial score (nSPS) is 17.1. The zero-order valence-corrected chi connectivity index (χ0v) is 11.8. The van der Waals surface area contributed by atoms with Crippen LogP contribution >= 0.6 is 0 Å². The van der Waals surface area contributed by atoms with Crippen molar-refractivity contribution in [3.63, 3.8) is 0 Å². The van der Waals surface area contributed by atoms with Gasteiger partial charge in [0.15, 0.2) is 0 Å². The topological polar surface area (TPSA) is 47.1 Å². The molecule has 0 aliphatic heterocycles. The Morgan fingerprint density at radius 1 is 1.41 bits per heavy atom. The molecule has 1 aromatic rings. The number of nitrogens with two attached hydrogens (primary N) is 1. The lowest BCUT2D eigenvalue weighted by Crippen LogP contribution is -2.53. The molecule has 0 fully saturated rings. The van der Waals surface area contributed by atoms with Gasteiger partial charge in [0.25, 0.3) is 0 Å². The summed E-state index contributed by atoms with van der Waals surface area (Å²) in [5.74, 6) is 0. The third kappa shape index (κ3) is 2.53. The van der Waals surface area contributed by atoms with E-state index in [1.54, 1.807) is 0 Å². The number of rotatable bonds is 6. The standard InChI is InChI=1S/C13H26N4/c1-6-13(4,17(7-2)8-3)12(14)11-9-10-15-16(11)5/h9-10,12H,6-8,14H2,1-5H3. The third-order valence-corrected chi connectivity index (χ3v) is 4.05. The molecule has 0 radical (unpaired) electrons. The van der Waals surface area contributed by atoms with Gasteiger partial charge in [0.1, 0.15) is 0 Å². The first-order valence-electron chi connectivity index (χ1n) is 6.49. The molecule has 17 heavy (non-hydrogen) atoms. The van der Waals surface area contributed by atoms with Gasteiger partial charge in [0, 0.05) is 18.8 Å². The maximum atomic E-state index is 6.48. The monoisotopic (exact) mass is 238 g/mol. The van der Waals surface area contributed by atoms with Crippen LogP contribution < -0.4 is 5.73 Å². The Kier molecular flexibility index (Phi) is 4.71. The van der Waals surface area contributed by atoms with Gasteiger partial charge in [-0.25, -0.2) is 0 Å². The summed E-state index contributed by atoms with van der Waals surface area (Å²) in [5.41, 5.74) is 7.56. The molecule has 4 nitrogen and oxygen atoms in total. The smallest absolute Gasteiger partial charge is 0.0651 e. The first kappa shape index (κ1) is 14.2. The fraction of sp³-hybridized carbons (Fsp3) is 0.769. The van der Waals surface area contributed by atoms with Gasteiger partial charge in [0.05, 0.1) is 11.7 Å². The molecule has 0 amide bonds. The molecule has 0 aliphatic rings. The van der Waals surface area contributed by atoms with Crippen LogP contribution in [-0.2, 0) is 7.05 Å². The van der Waals surface area contributed by atoms with E-state index in [1.165, 1.54) is 0 Å². The van der Waals surface area contributed by atoms with E-state index in [-0.39, 0.29) is 11.6 Å². The Morgan fingerprint density at radius 3 is 2.35 bits per heavy atom. The van der Waals surface area contributed by atoms with Crippen molar-refractivity contribution in [2.75, 3.05) is 13.1 Å². The molecule has 0 aromatic carbocycles. The molecule has 1 heterocycles. The second kappa shape index (κ2) is 5.65. The second-order valence-electron chi connectivity index (χ2n) is 4.74. The van der Waals surface area contributed by atoms with Gasteiger partial charge in [-0.2, -0.15) is 5.10 Å². The molecule has 0 spiro atoms. The third-order valence-electron chi connectivity index (χ3n) is 4.05. The first-order valence-corrected chi connectivity index (χ1v) is 6.49. The fourth-order valence-electron chi connectivity index (χ4n) is 2.59. The van der Waals surface area contributed by atoms with Crippen molar-refractivity contribution < 1.29 is 0 Å².